The summed E-state index contributed by atoms with van der Waals surface area (Å²) in [6, 6.07) is 8.96. The van der Waals surface area contributed by atoms with Crippen molar-refractivity contribution in [1.82, 2.24) is 9.29 Å². The first-order valence-corrected chi connectivity index (χ1v) is 8.88. The highest BCUT2D eigenvalue weighted by Crippen LogP contribution is 2.32. The van der Waals surface area contributed by atoms with Gasteiger partial charge in [0.25, 0.3) is 0 Å². The molecule has 134 valence electrons. The Morgan fingerprint density at radius 1 is 1.16 bits per heavy atom. The van der Waals surface area contributed by atoms with E-state index in [2.05, 4.69) is 4.98 Å². The summed E-state index contributed by atoms with van der Waals surface area (Å²) in [4.78, 5) is 3.78. The second kappa shape index (κ2) is 6.30. The summed E-state index contributed by atoms with van der Waals surface area (Å²) < 4.78 is 69.8. The van der Waals surface area contributed by atoms with Crippen molar-refractivity contribution in [2.75, 3.05) is 13.1 Å². The maximum Gasteiger partial charge on any atom is 0.416 e. The summed E-state index contributed by atoms with van der Waals surface area (Å²) in [6.07, 6.45) is -4.97. The molecule has 1 aliphatic rings. The predicted molar refractivity (Wildman–Crippen MR) is 83.6 cm³/mol. The molecule has 3 rings (SSSR count). The van der Waals surface area contributed by atoms with Gasteiger partial charge in [0.15, 0.2) is 0 Å². The minimum Gasteiger partial charge on any atom is -0.472 e. The molecule has 0 spiro atoms. The minimum atomic E-state index is -4.59. The lowest BCUT2D eigenvalue weighted by atomic mass is 10.2. The molecule has 2 heterocycles. The van der Waals surface area contributed by atoms with Crippen LogP contribution < -0.4 is 4.74 Å². The number of benzene rings is 1. The smallest absolute Gasteiger partial charge is 0.416 e. The topological polar surface area (TPSA) is 59.5 Å². The van der Waals surface area contributed by atoms with Crippen molar-refractivity contribution in [1.29, 1.82) is 0 Å². The van der Waals surface area contributed by atoms with Crippen molar-refractivity contribution in [2.45, 2.75) is 24.1 Å². The Bertz CT molecular complexity index is 878. The fraction of sp³-hybridized carbons (Fsp3) is 0.312. The van der Waals surface area contributed by atoms with Crippen molar-refractivity contribution in [3.05, 3.63) is 53.7 Å². The SMILES string of the molecule is Cc1cccc(OC2CN(S(=O)(=O)c3cccc(C(F)(F)F)c3)C2)n1. The van der Waals surface area contributed by atoms with E-state index in [1.807, 2.05) is 0 Å². The highest BCUT2D eigenvalue weighted by molar-refractivity contribution is 7.89. The van der Waals surface area contributed by atoms with Gasteiger partial charge in [-0.1, -0.05) is 12.1 Å². The van der Waals surface area contributed by atoms with Crippen molar-refractivity contribution in [3.63, 3.8) is 0 Å². The summed E-state index contributed by atoms with van der Waals surface area (Å²) in [5, 5.41) is 0. The Hall–Kier alpha value is -2.13. The highest BCUT2D eigenvalue weighted by atomic mass is 32.2. The van der Waals surface area contributed by atoms with Crippen molar-refractivity contribution < 1.29 is 26.3 Å². The standard InChI is InChI=1S/C16H15F3N2O3S/c1-11-4-2-7-15(20-11)24-13-9-21(10-13)25(22,23)14-6-3-5-12(8-14)16(17,18)19/h2-8,13H,9-10H2,1H3. The van der Waals surface area contributed by atoms with E-state index in [0.29, 0.717) is 11.9 Å². The Kier molecular flexibility index (Phi) is 4.46. The average Bonchev–Trinajstić information content (AvgIpc) is 2.49. The minimum absolute atomic E-state index is 0.0637. The summed E-state index contributed by atoms with van der Waals surface area (Å²) in [7, 11) is -3.99. The molecule has 0 bridgehead atoms. The van der Waals surface area contributed by atoms with Gasteiger partial charge in [0, 0.05) is 11.8 Å². The molecule has 0 radical (unpaired) electrons. The maximum atomic E-state index is 12.8. The molecule has 2 aromatic rings. The number of ether oxygens (including phenoxy) is 1. The monoisotopic (exact) mass is 372 g/mol. The van der Waals surface area contributed by atoms with Gasteiger partial charge in [-0.25, -0.2) is 13.4 Å². The third-order valence-electron chi connectivity index (χ3n) is 3.76. The van der Waals surface area contributed by atoms with Crippen LogP contribution in [0.4, 0.5) is 13.2 Å². The number of pyridine rings is 1. The zero-order valence-corrected chi connectivity index (χ0v) is 14.0. The number of hydrogen-bond donors (Lipinski definition) is 0. The van der Waals surface area contributed by atoms with E-state index in [1.54, 1.807) is 25.1 Å². The normalized spacial score (nSPS) is 16.5. The lowest BCUT2D eigenvalue weighted by Crippen LogP contribution is -2.56. The quantitative estimate of drug-likeness (QED) is 0.828. The first-order valence-electron chi connectivity index (χ1n) is 7.44. The van der Waals surface area contributed by atoms with E-state index in [4.69, 9.17) is 4.74 Å². The third kappa shape index (κ3) is 3.77. The predicted octanol–water partition coefficient (Wildman–Crippen LogP) is 2.86. The van der Waals surface area contributed by atoms with Gasteiger partial charge in [0.1, 0.15) is 6.10 Å². The van der Waals surface area contributed by atoms with Gasteiger partial charge >= 0.3 is 6.18 Å². The molecular formula is C16H15F3N2O3S. The number of aryl methyl sites for hydroxylation is 1. The van der Waals surface area contributed by atoms with Crippen molar-refractivity contribution in [3.8, 4) is 5.88 Å². The van der Waals surface area contributed by atoms with E-state index in [0.717, 1.165) is 28.2 Å². The zero-order chi connectivity index (χ0) is 18.2. The fourth-order valence-corrected chi connectivity index (χ4v) is 3.96. The van der Waals surface area contributed by atoms with Gasteiger partial charge in [-0.3, -0.25) is 0 Å². The van der Waals surface area contributed by atoms with Crippen LogP contribution in [0.3, 0.4) is 0 Å². The second-order valence-corrected chi connectivity index (χ2v) is 7.64. The Labute approximate surface area is 143 Å². The van der Waals surface area contributed by atoms with Crippen molar-refractivity contribution >= 4 is 10.0 Å². The Morgan fingerprint density at radius 3 is 2.48 bits per heavy atom. The molecule has 1 saturated heterocycles. The fourth-order valence-electron chi connectivity index (χ4n) is 2.41. The number of alkyl halides is 3. The van der Waals surface area contributed by atoms with Gasteiger partial charge in [-0.05, 0) is 31.2 Å². The number of sulfonamides is 1. The number of nitrogens with zero attached hydrogens (tertiary/aromatic N) is 2. The van der Waals surface area contributed by atoms with Crippen molar-refractivity contribution in [2.24, 2.45) is 0 Å². The zero-order valence-electron chi connectivity index (χ0n) is 13.2. The molecule has 0 unspecified atom stereocenters. The third-order valence-corrected chi connectivity index (χ3v) is 5.59. The van der Waals surface area contributed by atoms with Gasteiger partial charge in [-0.15, -0.1) is 0 Å². The van der Waals surface area contributed by atoms with Crippen LogP contribution in [0.1, 0.15) is 11.3 Å². The Balaban J connectivity index is 1.69. The maximum absolute atomic E-state index is 12.8. The van der Waals surface area contributed by atoms with Crippen LogP contribution in [0.15, 0.2) is 47.4 Å². The number of halogens is 3. The molecule has 9 heteroatoms. The van der Waals surface area contributed by atoms with Crippen LogP contribution in [0.2, 0.25) is 0 Å². The summed E-state index contributed by atoms with van der Waals surface area (Å²) in [5.74, 6) is 0.390. The van der Waals surface area contributed by atoms with Crippen LogP contribution in [0, 0.1) is 6.92 Å². The van der Waals surface area contributed by atoms with E-state index in [9.17, 15) is 21.6 Å². The Morgan fingerprint density at radius 2 is 1.84 bits per heavy atom. The van der Waals surface area contributed by atoms with E-state index < -0.39 is 21.8 Å². The van der Waals surface area contributed by atoms with Crippen LogP contribution in [-0.4, -0.2) is 36.9 Å². The van der Waals surface area contributed by atoms with Gasteiger partial charge in [0.2, 0.25) is 15.9 Å². The number of hydrogen-bond acceptors (Lipinski definition) is 4. The van der Waals surface area contributed by atoms with Gasteiger partial charge in [-0.2, -0.15) is 17.5 Å². The van der Waals surface area contributed by atoms with Crippen LogP contribution in [0.25, 0.3) is 0 Å². The van der Waals surface area contributed by atoms with Gasteiger partial charge < -0.3 is 4.74 Å². The van der Waals surface area contributed by atoms with Crippen LogP contribution >= 0.6 is 0 Å². The molecule has 0 aliphatic carbocycles. The molecule has 1 aromatic carbocycles. The molecule has 1 aromatic heterocycles. The molecule has 0 atom stereocenters. The molecule has 5 nitrogen and oxygen atoms in total. The summed E-state index contributed by atoms with van der Waals surface area (Å²) >= 11 is 0. The average molecular weight is 372 g/mol. The highest BCUT2D eigenvalue weighted by Gasteiger charge is 2.39. The summed E-state index contributed by atoms with van der Waals surface area (Å²) in [6.45, 7) is 1.93. The lowest BCUT2D eigenvalue weighted by molar-refractivity contribution is -0.137. The van der Waals surface area contributed by atoms with E-state index in [-0.39, 0.29) is 24.1 Å². The first kappa shape index (κ1) is 17.7. The second-order valence-electron chi connectivity index (χ2n) is 5.70. The van der Waals surface area contributed by atoms with E-state index in [1.165, 1.54) is 0 Å². The molecular weight excluding hydrogens is 357 g/mol. The van der Waals surface area contributed by atoms with Crippen LogP contribution in [-0.2, 0) is 16.2 Å². The number of aromatic nitrogens is 1. The molecule has 0 amide bonds. The molecule has 0 saturated carbocycles. The molecule has 1 aliphatic heterocycles. The molecule has 25 heavy (non-hydrogen) atoms. The van der Waals surface area contributed by atoms with Crippen LogP contribution in [0.5, 0.6) is 5.88 Å². The first-order chi connectivity index (χ1) is 11.7. The largest absolute Gasteiger partial charge is 0.472 e. The lowest BCUT2D eigenvalue weighted by Gasteiger charge is -2.37. The van der Waals surface area contributed by atoms with Gasteiger partial charge in [0.05, 0.1) is 23.5 Å². The number of rotatable bonds is 4. The van der Waals surface area contributed by atoms with E-state index >= 15 is 0 Å². The molecule has 1 fully saturated rings. The summed E-state index contributed by atoms with van der Waals surface area (Å²) in [5.41, 5.74) is -0.226. The molecule has 0 N–H and O–H groups in total.